The standard InChI is InChI=1S/C6H14N2S/c1-2-4-6-9-8-7-5-3-1/h7-8H,1-6H2. The summed E-state index contributed by atoms with van der Waals surface area (Å²) in [5.74, 6) is 1.24. The van der Waals surface area contributed by atoms with Crippen molar-refractivity contribution in [1.29, 1.82) is 0 Å². The minimum absolute atomic E-state index is 1.12. The van der Waals surface area contributed by atoms with Gasteiger partial charge in [-0.1, -0.05) is 24.8 Å². The monoisotopic (exact) mass is 146 g/mol. The first-order chi connectivity index (χ1) is 4.50. The van der Waals surface area contributed by atoms with Gasteiger partial charge >= 0.3 is 0 Å². The quantitative estimate of drug-likeness (QED) is 0.504. The number of hydrogen-bond donors (Lipinski definition) is 2. The Labute approximate surface area is 60.9 Å². The van der Waals surface area contributed by atoms with Crippen molar-refractivity contribution in [3.63, 3.8) is 0 Å². The van der Waals surface area contributed by atoms with Crippen LogP contribution in [0.5, 0.6) is 0 Å². The highest BCUT2D eigenvalue weighted by Crippen LogP contribution is 2.05. The van der Waals surface area contributed by atoms with E-state index >= 15 is 0 Å². The van der Waals surface area contributed by atoms with Crippen LogP contribution in [0.15, 0.2) is 0 Å². The summed E-state index contributed by atoms with van der Waals surface area (Å²) in [4.78, 5) is 3.09. The lowest BCUT2D eigenvalue weighted by Crippen LogP contribution is -2.26. The Morgan fingerprint density at radius 1 is 1.00 bits per heavy atom. The summed E-state index contributed by atoms with van der Waals surface area (Å²) < 4.78 is 0. The van der Waals surface area contributed by atoms with E-state index < -0.39 is 0 Å². The molecule has 0 amide bonds. The zero-order valence-corrected chi connectivity index (χ0v) is 6.47. The Balaban J connectivity index is 2.02. The molecule has 1 heterocycles. The second-order valence-corrected chi connectivity index (χ2v) is 3.19. The molecule has 0 atom stereocenters. The van der Waals surface area contributed by atoms with Gasteiger partial charge in [0, 0.05) is 12.3 Å². The molecule has 1 saturated heterocycles. The number of hydrazine groups is 1. The minimum Gasteiger partial charge on any atom is -0.248 e. The Morgan fingerprint density at radius 3 is 2.89 bits per heavy atom. The maximum atomic E-state index is 3.14. The summed E-state index contributed by atoms with van der Waals surface area (Å²) in [6, 6.07) is 0. The molecule has 1 fully saturated rings. The second kappa shape index (κ2) is 5.09. The third-order valence-corrected chi connectivity index (χ3v) is 2.22. The summed E-state index contributed by atoms with van der Waals surface area (Å²) in [6.07, 6.45) is 5.46. The van der Waals surface area contributed by atoms with Gasteiger partial charge in [-0.05, 0) is 12.8 Å². The maximum Gasteiger partial charge on any atom is 0.0109 e. The smallest absolute Gasteiger partial charge is 0.0109 e. The molecule has 2 nitrogen and oxygen atoms in total. The Morgan fingerprint density at radius 2 is 1.89 bits per heavy atom. The van der Waals surface area contributed by atoms with Crippen molar-refractivity contribution in [1.82, 2.24) is 10.3 Å². The molecule has 0 aliphatic carbocycles. The summed E-state index contributed by atoms with van der Waals surface area (Å²) in [5.41, 5.74) is 3.14. The molecule has 1 aliphatic heterocycles. The molecule has 0 saturated carbocycles. The van der Waals surface area contributed by atoms with Crippen LogP contribution in [0.3, 0.4) is 0 Å². The summed E-state index contributed by atoms with van der Waals surface area (Å²) >= 11 is 1.78. The second-order valence-electron chi connectivity index (χ2n) is 2.29. The van der Waals surface area contributed by atoms with Crippen LogP contribution in [-0.4, -0.2) is 12.3 Å². The average molecular weight is 146 g/mol. The Hall–Kier alpha value is 0.270. The molecule has 0 bridgehead atoms. The van der Waals surface area contributed by atoms with Crippen LogP contribution in [0.2, 0.25) is 0 Å². The lowest BCUT2D eigenvalue weighted by atomic mass is 10.2. The SMILES string of the molecule is C1CCCSNNCC1. The van der Waals surface area contributed by atoms with Gasteiger partial charge in [0.05, 0.1) is 0 Å². The van der Waals surface area contributed by atoms with E-state index in [0.29, 0.717) is 0 Å². The Kier molecular flexibility index (Phi) is 4.17. The van der Waals surface area contributed by atoms with Crippen molar-refractivity contribution >= 4 is 11.9 Å². The normalized spacial score (nSPS) is 24.0. The molecule has 54 valence electrons. The Bertz CT molecular complexity index is 39.5. The van der Waals surface area contributed by atoms with Gasteiger partial charge in [0.15, 0.2) is 0 Å². The fourth-order valence-electron chi connectivity index (χ4n) is 0.894. The third kappa shape index (κ3) is 3.78. The lowest BCUT2D eigenvalue weighted by Gasteiger charge is -2.00. The zero-order chi connectivity index (χ0) is 6.36. The van der Waals surface area contributed by atoms with Crippen LogP contribution in [0.25, 0.3) is 0 Å². The highest BCUT2D eigenvalue weighted by atomic mass is 32.2. The molecule has 3 heteroatoms. The van der Waals surface area contributed by atoms with Crippen molar-refractivity contribution in [3.05, 3.63) is 0 Å². The molecule has 0 unspecified atom stereocenters. The molecule has 0 aromatic rings. The van der Waals surface area contributed by atoms with Gasteiger partial charge in [0.1, 0.15) is 0 Å². The van der Waals surface area contributed by atoms with Crippen molar-refractivity contribution in [2.75, 3.05) is 12.3 Å². The molecule has 1 aliphatic rings. The van der Waals surface area contributed by atoms with Crippen molar-refractivity contribution in [3.8, 4) is 0 Å². The first-order valence-corrected chi connectivity index (χ1v) is 4.58. The fraction of sp³-hybridized carbons (Fsp3) is 1.00. The summed E-state index contributed by atoms with van der Waals surface area (Å²) in [6.45, 7) is 1.12. The molecular formula is C6H14N2S. The predicted octanol–water partition coefficient (Wildman–Crippen LogP) is 1.30. The third-order valence-electron chi connectivity index (χ3n) is 1.44. The van der Waals surface area contributed by atoms with Gasteiger partial charge in [-0.15, -0.1) is 0 Å². The van der Waals surface area contributed by atoms with Gasteiger partial charge in [-0.2, -0.15) is 0 Å². The van der Waals surface area contributed by atoms with Gasteiger partial charge in [0.25, 0.3) is 0 Å². The van der Waals surface area contributed by atoms with Crippen LogP contribution in [0, 0.1) is 0 Å². The number of rotatable bonds is 0. The summed E-state index contributed by atoms with van der Waals surface area (Å²) in [5, 5.41) is 0. The maximum absolute atomic E-state index is 3.14. The van der Waals surface area contributed by atoms with Gasteiger partial charge in [-0.3, -0.25) is 0 Å². The van der Waals surface area contributed by atoms with E-state index in [1.54, 1.807) is 11.9 Å². The zero-order valence-electron chi connectivity index (χ0n) is 5.65. The topological polar surface area (TPSA) is 24.1 Å². The van der Waals surface area contributed by atoms with E-state index in [1.165, 1.54) is 31.4 Å². The van der Waals surface area contributed by atoms with Crippen LogP contribution in [-0.2, 0) is 0 Å². The number of nitrogens with one attached hydrogen (secondary N) is 2. The molecule has 1 rings (SSSR count). The molecule has 2 N–H and O–H groups in total. The minimum atomic E-state index is 1.12. The molecular weight excluding hydrogens is 132 g/mol. The van der Waals surface area contributed by atoms with E-state index in [0.717, 1.165) is 6.54 Å². The van der Waals surface area contributed by atoms with E-state index in [1.807, 2.05) is 0 Å². The first-order valence-electron chi connectivity index (χ1n) is 3.60. The van der Waals surface area contributed by atoms with Crippen molar-refractivity contribution in [2.45, 2.75) is 25.7 Å². The first kappa shape index (κ1) is 7.38. The highest BCUT2D eigenvalue weighted by Gasteiger charge is 1.94. The molecule has 0 aromatic carbocycles. The molecule has 0 aromatic heterocycles. The van der Waals surface area contributed by atoms with Crippen LogP contribution in [0.4, 0.5) is 0 Å². The van der Waals surface area contributed by atoms with Gasteiger partial charge < -0.3 is 0 Å². The van der Waals surface area contributed by atoms with Crippen molar-refractivity contribution < 1.29 is 0 Å². The van der Waals surface area contributed by atoms with Gasteiger partial charge in [0.2, 0.25) is 0 Å². The van der Waals surface area contributed by atoms with Crippen LogP contribution < -0.4 is 10.3 Å². The van der Waals surface area contributed by atoms with E-state index in [9.17, 15) is 0 Å². The van der Waals surface area contributed by atoms with Crippen molar-refractivity contribution in [2.24, 2.45) is 0 Å². The predicted molar refractivity (Wildman–Crippen MR) is 42.1 cm³/mol. The lowest BCUT2D eigenvalue weighted by molar-refractivity contribution is 0.605. The molecule has 9 heavy (non-hydrogen) atoms. The van der Waals surface area contributed by atoms with Crippen LogP contribution in [0.1, 0.15) is 25.7 Å². The largest absolute Gasteiger partial charge is 0.248 e. The summed E-state index contributed by atoms with van der Waals surface area (Å²) in [7, 11) is 0. The molecule has 0 radical (unpaired) electrons. The highest BCUT2D eigenvalue weighted by molar-refractivity contribution is 7.97. The average Bonchev–Trinajstić information content (AvgIpc) is 2.00. The van der Waals surface area contributed by atoms with E-state index in [-0.39, 0.29) is 0 Å². The van der Waals surface area contributed by atoms with Crippen LogP contribution >= 0.6 is 11.9 Å². The van der Waals surface area contributed by atoms with Gasteiger partial charge in [-0.25, -0.2) is 10.3 Å². The van der Waals surface area contributed by atoms with E-state index in [2.05, 4.69) is 10.3 Å². The fourth-order valence-corrected chi connectivity index (χ4v) is 1.55. The van der Waals surface area contributed by atoms with E-state index in [4.69, 9.17) is 0 Å². The molecule has 0 spiro atoms. The number of hydrogen-bond acceptors (Lipinski definition) is 3.